The topological polar surface area (TPSA) is 65.7 Å². The molecule has 0 aliphatic carbocycles. The summed E-state index contributed by atoms with van der Waals surface area (Å²) in [6.45, 7) is 11.9. The number of nitrogens with one attached hydrogen (secondary N) is 2. The summed E-state index contributed by atoms with van der Waals surface area (Å²) < 4.78 is 5.57. The molecule has 6 nitrogen and oxygen atoms in total. The molecule has 0 aliphatic rings. The molecule has 26 heavy (non-hydrogen) atoms. The van der Waals surface area contributed by atoms with Crippen LogP contribution in [-0.2, 0) is 6.54 Å². The molecular weight excluding hydrogens is 326 g/mol. The Morgan fingerprint density at radius 3 is 2.62 bits per heavy atom. The second-order valence-corrected chi connectivity index (χ2v) is 6.07. The quantitative estimate of drug-likeness (QED) is 0.505. The highest BCUT2D eigenvalue weighted by Crippen LogP contribution is 2.18. The first-order chi connectivity index (χ1) is 12.8. The van der Waals surface area contributed by atoms with Gasteiger partial charge in [-0.3, -0.25) is 0 Å². The lowest BCUT2D eigenvalue weighted by Gasteiger charge is -2.20. The van der Waals surface area contributed by atoms with Gasteiger partial charge in [0.15, 0.2) is 5.96 Å². The van der Waals surface area contributed by atoms with E-state index in [0.717, 1.165) is 49.9 Å². The molecule has 0 radical (unpaired) electrons. The molecular formula is C20H31N5O. The lowest BCUT2D eigenvalue weighted by Crippen LogP contribution is -2.41. The number of nitrogens with zero attached hydrogens (tertiary/aromatic N) is 3. The van der Waals surface area contributed by atoms with Crippen molar-refractivity contribution in [2.75, 3.05) is 32.7 Å². The molecule has 1 aromatic heterocycles. The summed E-state index contributed by atoms with van der Waals surface area (Å²) in [5.74, 6) is 1.44. The van der Waals surface area contributed by atoms with Gasteiger partial charge >= 0.3 is 0 Å². The van der Waals surface area contributed by atoms with Crippen molar-refractivity contribution in [2.45, 2.75) is 33.7 Å². The van der Waals surface area contributed by atoms with E-state index in [-0.39, 0.29) is 0 Å². The Bertz CT molecular complexity index is 653. The van der Waals surface area contributed by atoms with Gasteiger partial charge in [-0.2, -0.15) is 0 Å². The normalized spacial score (nSPS) is 11.8. The zero-order valence-corrected chi connectivity index (χ0v) is 16.2. The molecule has 1 aromatic carbocycles. The van der Waals surface area contributed by atoms with Gasteiger partial charge in [0, 0.05) is 25.2 Å². The fraction of sp³-hybridized carbons (Fsp3) is 0.500. The lowest BCUT2D eigenvalue weighted by molar-refractivity contribution is 0.293. The Labute approximate surface area is 156 Å². The number of hydrogen-bond acceptors (Lipinski definition) is 4. The molecule has 0 aliphatic heterocycles. The summed E-state index contributed by atoms with van der Waals surface area (Å²) in [5.41, 5.74) is 1.80. The predicted molar refractivity (Wildman–Crippen MR) is 107 cm³/mol. The van der Waals surface area contributed by atoms with Crippen molar-refractivity contribution in [1.82, 2.24) is 20.5 Å². The van der Waals surface area contributed by atoms with Gasteiger partial charge in [-0.15, -0.1) is 0 Å². The maximum atomic E-state index is 5.57. The van der Waals surface area contributed by atoms with Crippen LogP contribution in [0.5, 0.6) is 0 Å². The molecule has 0 atom stereocenters. The van der Waals surface area contributed by atoms with Crippen LogP contribution < -0.4 is 10.6 Å². The monoisotopic (exact) mass is 357 g/mol. The molecule has 0 bridgehead atoms. The summed E-state index contributed by atoms with van der Waals surface area (Å²) in [6.07, 6.45) is 2.85. The highest BCUT2D eigenvalue weighted by atomic mass is 16.3. The summed E-state index contributed by atoms with van der Waals surface area (Å²) >= 11 is 0. The second-order valence-electron chi connectivity index (χ2n) is 6.07. The van der Waals surface area contributed by atoms with Gasteiger partial charge in [0.2, 0.25) is 5.89 Å². The summed E-state index contributed by atoms with van der Waals surface area (Å²) in [5, 5.41) is 6.67. The fourth-order valence-corrected chi connectivity index (χ4v) is 2.67. The van der Waals surface area contributed by atoms with Gasteiger partial charge in [0.25, 0.3) is 0 Å². The number of hydrogen-bond donors (Lipinski definition) is 2. The zero-order chi connectivity index (χ0) is 18.6. The zero-order valence-electron chi connectivity index (χ0n) is 16.2. The highest BCUT2D eigenvalue weighted by molar-refractivity contribution is 5.79. The molecule has 2 rings (SSSR count). The molecule has 6 heteroatoms. The third-order valence-electron chi connectivity index (χ3n) is 4.02. The molecule has 0 fully saturated rings. The Hall–Kier alpha value is -2.34. The molecule has 0 unspecified atom stereocenters. The van der Waals surface area contributed by atoms with Crippen molar-refractivity contribution < 1.29 is 4.42 Å². The summed E-state index contributed by atoms with van der Waals surface area (Å²) in [7, 11) is 0. The van der Waals surface area contributed by atoms with Crippen LogP contribution in [0.25, 0.3) is 11.5 Å². The number of benzene rings is 1. The van der Waals surface area contributed by atoms with Gasteiger partial charge in [-0.25, -0.2) is 9.98 Å². The average molecular weight is 358 g/mol. The van der Waals surface area contributed by atoms with Crippen molar-refractivity contribution >= 4 is 5.96 Å². The van der Waals surface area contributed by atoms with Gasteiger partial charge in [0.05, 0.1) is 6.54 Å². The van der Waals surface area contributed by atoms with Gasteiger partial charge < -0.3 is 20.0 Å². The van der Waals surface area contributed by atoms with Crippen molar-refractivity contribution in [3.8, 4) is 11.5 Å². The Balaban J connectivity index is 1.89. The van der Waals surface area contributed by atoms with Crippen LogP contribution >= 0.6 is 0 Å². The SMILES string of the molecule is CCCN(CC)CCNC(=NCc1coc(-c2ccccc2)n1)NCC. The van der Waals surface area contributed by atoms with E-state index in [2.05, 4.69) is 46.3 Å². The van der Waals surface area contributed by atoms with Crippen molar-refractivity contribution in [3.05, 3.63) is 42.3 Å². The van der Waals surface area contributed by atoms with Crippen LogP contribution in [0, 0.1) is 0 Å². The predicted octanol–water partition coefficient (Wildman–Crippen LogP) is 3.13. The third kappa shape index (κ3) is 6.52. The third-order valence-corrected chi connectivity index (χ3v) is 4.02. The number of likely N-dealkylation sites (N-methyl/N-ethyl adjacent to an activating group) is 1. The maximum absolute atomic E-state index is 5.57. The minimum absolute atomic E-state index is 0.484. The van der Waals surface area contributed by atoms with E-state index in [1.54, 1.807) is 6.26 Å². The molecule has 0 saturated heterocycles. The first-order valence-corrected chi connectivity index (χ1v) is 9.51. The van der Waals surface area contributed by atoms with Crippen LogP contribution in [-0.4, -0.2) is 48.6 Å². The van der Waals surface area contributed by atoms with Crippen molar-refractivity contribution in [1.29, 1.82) is 0 Å². The van der Waals surface area contributed by atoms with Crippen LogP contribution in [0.1, 0.15) is 32.9 Å². The number of aromatic nitrogens is 1. The van der Waals surface area contributed by atoms with Crippen LogP contribution in [0.3, 0.4) is 0 Å². The smallest absolute Gasteiger partial charge is 0.226 e. The van der Waals surface area contributed by atoms with E-state index in [1.165, 1.54) is 6.42 Å². The Morgan fingerprint density at radius 2 is 1.92 bits per heavy atom. The first kappa shape index (κ1) is 20.0. The molecule has 2 N–H and O–H groups in total. The first-order valence-electron chi connectivity index (χ1n) is 9.51. The van der Waals surface area contributed by atoms with Gasteiger partial charge in [-0.05, 0) is 38.6 Å². The number of rotatable bonds is 10. The summed E-state index contributed by atoms with van der Waals surface area (Å²) in [6, 6.07) is 9.90. The number of oxazole rings is 1. The highest BCUT2D eigenvalue weighted by Gasteiger charge is 2.06. The molecule has 0 amide bonds. The Morgan fingerprint density at radius 1 is 1.12 bits per heavy atom. The standard InChI is InChI=1S/C20H31N5O/c1-4-13-25(6-3)14-12-22-20(21-5-2)23-15-18-16-26-19(24-18)17-10-8-7-9-11-17/h7-11,16H,4-6,12-15H2,1-3H3,(H2,21,22,23). The number of aliphatic imine (C=N–C) groups is 1. The van der Waals surface area contributed by atoms with Crippen LogP contribution in [0.2, 0.25) is 0 Å². The van der Waals surface area contributed by atoms with E-state index in [9.17, 15) is 0 Å². The van der Waals surface area contributed by atoms with Crippen molar-refractivity contribution in [3.63, 3.8) is 0 Å². The van der Waals surface area contributed by atoms with Gasteiger partial charge in [-0.1, -0.05) is 32.0 Å². The molecule has 1 heterocycles. The van der Waals surface area contributed by atoms with E-state index >= 15 is 0 Å². The largest absolute Gasteiger partial charge is 0.444 e. The van der Waals surface area contributed by atoms with Gasteiger partial charge in [0.1, 0.15) is 12.0 Å². The van der Waals surface area contributed by atoms with E-state index in [1.807, 2.05) is 30.3 Å². The summed E-state index contributed by atoms with van der Waals surface area (Å²) in [4.78, 5) is 11.6. The number of guanidine groups is 1. The van der Waals surface area contributed by atoms with Crippen molar-refractivity contribution in [2.24, 2.45) is 4.99 Å². The fourth-order valence-electron chi connectivity index (χ4n) is 2.67. The minimum Gasteiger partial charge on any atom is -0.444 e. The molecule has 142 valence electrons. The van der Waals surface area contributed by atoms with Crippen LogP contribution in [0.4, 0.5) is 0 Å². The van der Waals surface area contributed by atoms with E-state index < -0.39 is 0 Å². The molecule has 0 spiro atoms. The lowest BCUT2D eigenvalue weighted by atomic mass is 10.2. The van der Waals surface area contributed by atoms with E-state index in [4.69, 9.17) is 4.42 Å². The van der Waals surface area contributed by atoms with E-state index in [0.29, 0.717) is 12.4 Å². The molecule has 2 aromatic rings. The van der Waals surface area contributed by atoms with Crippen LogP contribution in [0.15, 0.2) is 46.0 Å². The minimum atomic E-state index is 0.484. The maximum Gasteiger partial charge on any atom is 0.226 e. The Kier molecular flexibility index (Phi) is 8.69. The average Bonchev–Trinajstić information content (AvgIpc) is 3.15. The second kappa shape index (κ2) is 11.3. The molecule has 0 saturated carbocycles.